The number of anilines is 1. The van der Waals surface area contributed by atoms with Gasteiger partial charge in [-0.1, -0.05) is 0 Å². The van der Waals surface area contributed by atoms with E-state index in [2.05, 4.69) is 10.4 Å². The second kappa shape index (κ2) is 6.90. The second-order valence-electron chi connectivity index (χ2n) is 4.79. The van der Waals surface area contributed by atoms with E-state index in [4.69, 9.17) is 10.5 Å². The van der Waals surface area contributed by atoms with Crippen molar-refractivity contribution in [2.45, 2.75) is 20.4 Å². The lowest BCUT2D eigenvalue weighted by molar-refractivity contribution is -0.116. The third-order valence-corrected chi connectivity index (χ3v) is 2.92. The van der Waals surface area contributed by atoms with Crippen molar-refractivity contribution in [2.24, 2.45) is 5.73 Å². The van der Waals surface area contributed by atoms with Crippen LogP contribution in [-0.4, -0.2) is 28.8 Å². The Morgan fingerprint density at radius 2 is 2.05 bits per heavy atom. The van der Waals surface area contributed by atoms with E-state index in [9.17, 15) is 4.79 Å². The molecule has 0 bridgehead atoms. The summed E-state index contributed by atoms with van der Waals surface area (Å²) < 4.78 is 7.06. The van der Waals surface area contributed by atoms with Gasteiger partial charge in [-0.2, -0.15) is 5.10 Å². The fourth-order valence-corrected chi connectivity index (χ4v) is 1.98. The Labute approximate surface area is 123 Å². The lowest BCUT2D eigenvalue weighted by Gasteiger charge is -2.08. The Hall–Kier alpha value is -2.34. The standard InChI is InChI=1S/C15H20N4O2/c1-11-9-12(2)19(18-11)10-15(20)17-13-3-5-14(6-4-13)21-8-7-16/h3-6,9H,7-8,10,16H2,1-2H3,(H,17,20). The maximum Gasteiger partial charge on any atom is 0.246 e. The maximum absolute atomic E-state index is 12.0. The molecule has 0 fully saturated rings. The summed E-state index contributed by atoms with van der Waals surface area (Å²) in [4.78, 5) is 12.0. The Morgan fingerprint density at radius 3 is 2.62 bits per heavy atom. The van der Waals surface area contributed by atoms with Crippen LogP contribution in [-0.2, 0) is 11.3 Å². The summed E-state index contributed by atoms with van der Waals surface area (Å²) >= 11 is 0. The lowest BCUT2D eigenvalue weighted by Crippen LogP contribution is -2.20. The molecule has 2 aromatic rings. The van der Waals surface area contributed by atoms with Crippen LogP contribution in [0.4, 0.5) is 5.69 Å². The fourth-order valence-electron chi connectivity index (χ4n) is 1.98. The lowest BCUT2D eigenvalue weighted by atomic mass is 10.3. The predicted octanol–water partition coefficient (Wildman–Crippen LogP) is 1.48. The molecule has 1 aromatic heterocycles. The van der Waals surface area contributed by atoms with Crippen molar-refractivity contribution in [2.75, 3.05) is 18.5 Å². The number of aryl methyl sites for hydroxylation is 2. The summed E-state index contributed by atoms with van der Waals surface area (Å²) in [7, 11) is 0. The monoisotopic (exact) mass is 288 g/mol. The van der Waals surface area contributed by atoms with Gasteiger partial charge < -0.3 is 15.8 Å². The number of hydrogen-bond donors (Lipinski definition) is 2. The molecule has 0 saturated carbocycles. The van der Waals surface area contributed by atoms with Gasteiger partial charge in [-0.3, -0.25) is 9.48 Å². The molecule has 1 aromatic carbocycles. The van der Waals surface area contributed by atoms with Gasteiger partial charge in [0.05, 0.1) is 5.69 Å². The van der Waals surface area contributed by atoms with Crippen LogP contribution in [0.25, 0.3) is 0 Å². The van der Waals surface area contributed by atoms with Gasteiger partial charge in [-0.15, -0.1) is 0 Å². The highest BCUT2D eigenvalue weighted by atomic mass is 16.5. The highest BCUT2D eigenvalue weighted by molar-refractivity contribution is 5.90. The van der Waals surface area contributed by atoms with Crippen molar-refractivity contribution >= 4 is 11.6 Å². The van der Waals surface area contributed by atoms with E-state index >= 15 is 0 Å². The van der Waals surface area contributed by atoms with Crippen molar-refractivity contribution in [1.29, 1.82) is 0 Å². The van der Waals surface area contributed by atoms with Gasteiger partial charge in [0.25, 0.3) is 0 Å². The van der Waals surface area contributed by atoms with Crippen molar-refractivity contribution in [3.8, 4) is 5.75 Å². The van der Waals surface area contributed by atoms with Crippen molar-refractivity contribution in [3.05, 3.63) is 41.7 Å². The summed E-state index contributed by atoms with van der Waals surface area (Å²) in [5.74, 6) is 0.619. The largest absolute Gasteiger partial charge is 0.492 e. The molecule has 21 heavy (non-hydrogen) atoms. The molecule has 1 heterocycles. The average Bonchev–Trinajstić information content (AvgIpc) is 2.76. The zero-order valence-corrected chi connectivity index (χ0v) is 12.3. The molecule has 112 valence electrons. The normalized spacial score (nSPS) is 10.4. The fraction of sp³-hybridized carbons (Fsp3) is 0.333. The number of amides is 1. The van der Waals surface area contributed by atoms with Gasteiger partial charge in [0.1, 0.15) is 18.9 Å². The number of benzene rings is 1. The van der Waals surface area contributed by atoms with Gasteiger partial charge in [0.2, 0.25) is 5.91 Å². The van der Waals surface area contributed by atoms with E-state index in [1.54, 1.807) is 28.9 Å². The number of carbonyl (C=O) groups excluding carboxylic acids is 1. The van der Waals surface area contributed by atoms with Crippen LogP contribution in [0.15, 0.2) is 30.3 Å². The Balaban J connectivity index is 1.91. The molecule has 0 radical (unpaired) electrons. The van der Waals surface area contributed by atoms with Gasteiger partial charge in [0, 0.05) is 17.9 Å². The first-order valence-corrected chi connectivity index (χ1v) is 6.82. The van der Waals surface area contributed by atoms with Crippen LogP contribution in [0.3, 0.4) is 0 Å². The number of nitrogens with two attached hydrogens (primary N) is 1. The summed E-state index contributed by atoms with van der Waals surface area (Å²) in [6.45, 7) is 4.98. The number of nitrogens with zero attached hydrogens (tertiary/aromatic N) is 2. The molecule has 2 rings (SSSR count). The number of ether oxygens (including phenoxy) is 1. The summed E-state index contributed by atoms with van der Waals surface area (Å²) in [6.07, 6.45) is 0. The molecule has 1 amide bonds. The van der Waals surface area contributed by atoms with Crippen LogP contribution in [0, 0.1) is 13.8 Å². The number of hydrogen-bond acceptors (Lipinski definition) is 4. The average molecular weight is 288 g/mol. The van der Waals surface area contributed by atoms with Crippen molar-refractivity contribution < 1.29 is 9.53 Å². The minimum Gasteiger partial charge on any atom is -0.492 e. The van der Waals surface area contributed by atoms with Gasteiger partial charge >= 0.3 is 0 Å². The zero-order valence-electron chi connectivity index (χ0n) is 12.3. The van der Waals surface area contributed by atoms with Crippen molar-refractivity contribution in [1.82, 2.24) is 9.78 Å². The Bertz CT molecular complexity index is 605. The van der Waals surface area contributed by atoms with Crippen LogP contribution in [0.1, 0.15) is 11.4 Å². The van der Waals surface area contributed by atoms with Crippen molar-refractivity contribution in [3.63, 3.8) is 0 Å². The predicted molar refractivity (Wildman–Crippen MR) is 81.3 cm³/mol. The highest BCUT2D eigenvalue weighted by Gasteiger charge is 2.07. The third-order valence-electron chi connectivity index (χ3n) is 2.92. The zero-order chi connectivity index (χ0) is 15.2. The summed E-state index contributed by atoms with van der Waals surface area (Å²) in [5.41, 5.74) is 7.96. The van der Waals surface area contributed by atoms with E-state index in [-0.39, 0.29) is 12.5 Å². The molecule has 0 aliphatic rings. The molecule has 0 saturated heterocycles. The first kappa shape index (κ1) is 15.1. The molecule has 0 aliphatic carbocycles. The van der Waals surface area contributed by atoms with Gasteiger partial charge in [0.15, 0.2) is 0 Å². The minimum atomic E-state index is -0.114. The maximum atomic E-state index is 12.0. The van der Waals surface area contributed by atoms with E-state index in [1.165, 1.54) is 0 Å². The first-order chi connectivity index (χ1) is 10.1. The molecule has 6 nitrogen and oxygen atoms in total. The van der Waals surface area contributed by atoms with Crippen LogP contribution >= 0.6 is 0 Å². The molecule has 0 spiro atoms. The molecular weight excluding hydrogens is 268 g/mol. The van der Waals surface area contributed by atoms with Crippen LogP contribution < -0.4 is 15.8 Å². The molecular formula is C15H20N4O2. The Morgan fingerprint density at radius 1 is 1.33 bits per heavy atom. The molecule has 3 N–H and O–H groups in total. The number of carbonyl (C=O) groups is 1. The first-order valence-electron chi connectivity index (χ1n) is 6.82. The number of aromatic nitrogens is 2. The van der Waals surface area contributed by atoms with E-state index in [0.29, 0.717) is 13.2 Å². The highest BCUT2D eigenvalue weighted by Crippen LogP contribution is 2.15. The van der Waals surface area contributed by atoms with Crippen LogP contribution in [0.5, 0.6) is 5.75 Å². The Kier molecular flexibility index (Phi) is 4.94. The number of rotatable bonds is 6. The smallest absolute Gasteiger partial charge is 0.246 e. The number of nitrogens with one attached hydrogen (secondary N) is 1. The quantitative estimate of drug-likeness (QED) is 0.843. The SMILES string of the molecule is Cc1cc(C)n(CC(=O)Nc2ccc(OCCN)cc2)n1. The van der Waals surface area contributed by atoms with Gasteiger partial charge in [-0.05, 0) is 44.2 Å². The minimum absolute atomic E-state index is 0.114. The summed E-state index contributed by atoms with van der Waals surface area (Å²) in [5, 5.41) is 7.09. The molecule has 6 heteroatoms. The van der Waals surface area contributed by atoms with E-state index in [1.807, 2.05) is 19.9 Å². The molecule has 0 aliphatic heterocycles. The summed E-state index contributed by atoms with van der Waals surface area (Å²) in [6, 6.07) is 9.13. The topological polar surface area (TPSA) is 82.2 Å². The molecule has 0 unspecified atom stereocenters. The third kappa shape index (κ3) is 4.32. The van der Waals surface area contributed by atoms with Gasteiger partial charge in [-0.25, -0.2) is 0 Å². The molecule has 0 atom stereocenters. The second-order valence-corrected chi connectivity index (χ2v) is 4.79. The van der Waals surface area contributed by atoms with E-state index < -0.39 is 0 Å². The van der Waals surface area contributed by atoms with Crippen LogP contribution in [0.2, 0.25) is 0 Å². The van der Waals surface area contributed by atoms with E-state index in [0.717, 1.165) is 22.8 Å².